The minimum atomic E-state index is -0.950. The van der Waals surface area contributed by atoms with E-state index >= 15 is 0 Å². The maximum atomic E-state index is 14.1. The van der Waals surface area contributed by atoms with Crippen molar-refractivity contribution in [3.8, 4) is 0 Å². The number of carbonyl (C=O) groups excluding carboxylic acids is 2. The highest BCUT2D eigenvalue weighted by molar-refractivity contribution is 5.89. The van der Waals surface area contributed by atoms with Crippen LogP contribution < -0.4 is 5.32 Å². The molecule has 0 radical (unpaired) electrons. The Morgan fingerprint density at radius 1 is 1.19 bits per heavy atom. The van der Waals surface area contributed by atoms with Crippen molar-refractivity contribution in [1.29, 1.82) is 0 Å². The molecule has 168 valence electrons. The van der Waals surface area contributed by atoms with Gasteiger partial charge in [-0.1, -0.05) is 12.1 Å². The van der Waals surface area contributed by atoms with E-state index in [-0.39, 0.29) is 42.7 Å². The summed E-state index contributed by atoms with van der Waals surface area (Å²) in [7, 11) is 1.62. The molecular weight excluding hydrogens is 421 g/mol. The molecule has 2 amide bonds. The van der Waals surface area contributed by atoms with Crippen molar-refractivity contribution >= 4 is 22.7 Å². The quantitative estimate of drug-likeness (QED) is 0.615. The summed E-state index contributed by atoms with van der Waals surface area (Å²) in [6.07, 6.45) is -0.103. The van der Waals surface area contributed by atoms with Gasteiger partial charge in [-0.05, 0) is 30.3 Å². The highest BCUT2D eigenvalue weighted by Crippen LogP contribution is 2.20. The molecule has 0 bridgehead atoms. The van der Waals surface area contributed by atoms with Gasteiger partial charge in [0, 0.05) is 48.8 Å². The lowest BCUT2D eigenvalue weighted by atomic mass is 10.1. The number of fused-ring (bicyclic) bond motifs is 1. The molecule has 1 aliphatic rings. The van der Waals surface area contributed by atoms with Gasteiger partial charge < -0.3 is 15.2 Å². The summed E-state index contributed by atoms with van der Waals surface area (Å²) in [6, 6.07) is 9.30. The molecule has 6 nitrogen and oxygen atoms in total. The molecule has 32 heavy (non-hydrogen) atoms. The molecule has 1 saturated heterocycles. The van der Waals surface area contributed by atoms with E-state index in [1.54, 1.807) is 24.1 Å². The Morgan fingerprint density at radius 3 is 2.81 bits per heavy atom. The summed E-state index contributed by atoms with van der Waals surface area (Å²) < 4.78 is 41.1. The zero-order valence-electron chi connectivity index (χ0n) is 17.5. The van der Waals surface area contributed by atoms with Crippen LogP contribution in [0.15, 0.2) is 42.5 Å². The zero-order valence-corrected chi connectivity index (χ0v) is 17.5. The van der Waals surface area contributed by atoms with Crippen LogP contribution in [0.5, 0.6) is 0 Å². The number of hydrogen-bond acceptors (Lipinski definition) is 3. The summed E-state index contributed by atoms with van der Waals surface area (Å²) in [4.78, 5) is 31.7. The first-order chi connectivity index (χ1) is 15.3. The molecule has 0 aliphatic carbocycles. The fourth-order valence-electron chi connectivity index (χ4n) is 3.98. The first-order valence-electron chi connectivity index (χ1n) is 10.3. The van der Waals surface area contributed by atoms with Crippen LogP contribution in [0.1, 0.15) is 17.7 Å². The van der Waals surface area contributed by atoms with Gasteiger partial charge in [0.25, 0.3) is 0 Å². The van der Waals surface area contributed by atoms with Gasteiger partial charge in [-0.15, -0.1) is 0 Å². The average molecular weight is 444 g/mol. The number of benzene rings is 2. The van der Waals surface area contributed by atoms with Crippen molar-refractivity contribution in [3.05, 3.63) is 71.2 Å². The number of aromatic nitrogens is 1. The Labute approximate surface area is 183 Å². The Morgan fingerprint density at radius 2 is 2.00 bits per heavy atom. The van der Waals surface area contributed by atoms with Gasteiger partial charge in [0.15, 0.2) is 11.6 Å². The van der Waals surface area contributed by atoms with E-state index in [0.717, 1.165) is 17.3 Å². The smallest absolute Gasteiger partial charge is 0.237 e. The third kappa shape index (κ3) is 4.62. The third-order valence-corrected chi connectivity index (χ3v) is 5.69. The molecule has 2 N–H and O–H groups in total. The Balaban J connectivity index is 1.45. The highest BCUT2D eigenvalue weighted by atomic mass is 19.2. The molecule has 0 spiro atoms. The highest BCUT2D eigenvalue weighted by Gasteiger charge is 2.33. The molecule has 4 rings (SSSR count). The number of nitrogens with zero attached hydrogens (tertiary/aromatic N) is 2. The first kappa shape index (κ1) is 21.9. The van der Waals surface area contributed by atoms with Gasteiger partial charge in [-0.25, -0.2) is 13.2 Å². The van der Waals surface area contributed by atoms with E-state index in [2.05, 4.69) is 10.3 Å². The van der Waals surface area contributed by atoms with E-state index < -0.39 is 17.7 Å². The summed E-state index contributed by atoms with van der Waals surface area (Å²) in [5.41, 5.74) is 1.63. The number of H-pyrrole nitrogens is 1. The first-order valence-corrected chi connectivity index (χ1v) is 10.3. The standard InChI is InChI=1S/C23H23F3N4O2/c1-29(13-17-10-15-9-16(24)5-6-19(15)28-17)21(31)11-20-23(32)27-7-8-30(20)12-14-3-2-4-18(25)22(14)26/h2-6,9-10,20,28H,7-8,11-13H2,1H3,(H,27,32)/t20-/m1/s1. The molecule has 1 aromatic heterocycles. The van der Waals surface area contributed by atoms with Crippen molar-refractivity contribution < 1.29 is 22.8 Å². The van der Waals surface area contributed by atoms with Crippen molar-refractivity contribution in [1.82, 2.24) is 20.1 Å². The largest absolute Gasteiger partial charge is 0.357 e. The zero-order chi connectivity index (χ0) is 22.8. The SMILES string of the molecule is CN(Cc1cc2cc(F)ccc2[nH]1)C(=O)C[C@@H]1C(=O)NCCN1Cc1cccc(F)c1F. The summed E-state index contributed by atoms with van der Waals surface area (Å²) >= 11 is 0. The predicted molar refractivity (Wildman–Crippen MR) is 113 cm³/mol. The normalized spacial score (nSPS) is 16.9. The van der Waals surface area contributed by atoms with E-state index in [0.29, 0.717) is 18.5 Å². The average Bonchev–Trinajstić information content (AvgIpc) is 3.14. The predicted octanol–water partition coefficient (Wildman–Crippen LogP) is 2.93. The lowest BCUT2D eigenvalue weighted by molar-refractivity contribution is -0.138. The van der Waals surface area contributed by atoms with Crippen LogP contribution in [-0.2, 0) is 22.7 Å². The lowest BCUT2D eigenvalue weighted by Gasteiger charge is -2.35. The van der Waals surface area contributed by atoms with Crippen LogP contribution in [-0.4, -0.2) is 52.8 Å². The molecule has 9 heteroatoms. The number of rotatable bonds is 6. The van der Waals surface area contributed by atoms with Crippen LogP contribution >= 0.6 is 0 Å². The number of nitrogens with one attached hydrogen (secondary N) is 2. The van der Waals surface area contributed by atoms with E-state index in [1.165, 1.54) is 29.2 Å². The maximum Gasteiger partial charge on any atom is 0.237 e. The number of piperazine rings is 1. The monoisotopic (exact) mass is 444 g/mol. The van der Waals surface area contributed by atoms with Crippen molar-refractivity contribution in [3.63, 3.8) is 0 Å². The number of amides is 2. The molecule has 0 saturated carbocycles. The number of halogens is 3. The van der Waals surface area contributed by atoms with Crippen molar-refractivity contribution in [2.45, 2.75) is 25.6 Å². The maximum absolute atomic E-state index is 14.1. The minimum absolute atomic E-state index is 0.0201. The van der Waals surface area contributed by atoms with Crippen molar-refractivity contribution in [2.24, 2.45) is 0 Å². The van der Waals surface area contributed by atoms with Crippen LogP contribution in [0.25, 0.3) is 10.9 Å². The Hall–Kier alpha value is -3.33. The van der Waals surface area contributed by atoms with E-state index in [1.807, 2.05) is 0 Å². The second kappa shape index (κ2) is 9.04. The molecule has 2 heterocycles. The molecule has 1 aliphatic heterocycles. The summed E-state index contributed by atoms with van der Waals surface area (Å²) in [6.45, 7) is 1.05. The van der Waals surface area contributed by atoms with Gasteiger partial charge in [0.1, 0.15) is 5.82 Å². The minimum Gasteiger partial charge on any atom is -0.357 e. The van der Waals surface area contributed by atoms with Crippen LogP contribution in [0.3, 0.4) is 0 Å². The molecular formula is C23H23F3N4O2. The molecule has 1 fully saturated rings. The molecule has 2 aromatic carbocycles. The van der Waals surface area contributed by atoms with Crippen molar-refractivity contribution in [2.75, 3.05) is 20.1 Å². The number of carbonyl (C=O) groups is 2. The summed E-state index contributed by atoms with van der Waals surface area (Å²) in [5, 5.41) is 3.43. The van der Waals surface area contributed by atoms with Gasteiger partial charge >= 0.3 is 0 Å². The third-order valence-electron chi connectivity index (χ3n) is 5.69. The summed E-state index contributed by atoms with van der Waals surface area (Å²) in [5.74, 6) is -2.84. The second-order valence-electron chi connectivity index (χ2n) is 7.97. The van der Waals surface area contributed by atoms with Gasteiger partial charge in [0.05, 0.1) is 19.0 Å². The van der Waals surface area contributed by atoms with E-state index in [9.17, 15) is 22.8 Å². The number of hydrogen-bond donors (Lipinski definition) is 2. The van der Waals surface area contributed by atoms with Gasteiger partial charge in [-0.3, -0.25) is 14.5 Å². The van der Waals surface area contributed by atoms with Crippen LogP contribution in [0, 0.1) is 17.5 Å². The van der Waals surface area contributed by atoms with E-state index in [4.69, 9.17) is 0 Å². The number of aromatic amines is 1. The molecule has 3 aromatic rings. The fraction of sp³-hybridized carbons (Fsp3) is 0.304. The van der Waals surface area contributed by atoms with Crippen LogP contribution in [0.2, 0.25) is 0 Å². The Kier molecular flexibility index (Phi) is 6.18. The Bertz CT molecular complexity index is 1160. The second-order valence-corrected chi connectivity index (χ2v) is 7.97. The van der Waals surface area contributed by atoms with Gasteiger partial charge in [0.2, 0.25) is 11.8 Å². The molecule has 1 atom stereocenters. The lowest BCUT2D eigenvalue weighted by Crippen LogP contribution is -2.56. The molecule has 0 unspecified atom stereocenters. The fourth-order valence-corrected chi connectivity index (χ4v) is 3.98. The van der Waals surface area contributed by atoms with Crippen LogP contribution in [0.4, 0.5) is 13.2 Å². The van der Waals surface area contributed by atoms with Gasteiger partial charge in [-0.2, -0.15) is 0 Å². The topological polar surface area (TPSA) is 68.4 Å².